The Labute approximate surface area is 146 Å². The van der Waals surface area contributed by atoms with E-state index in [-0.39, 0.29) is 0 Å². The largest absolute Gasteiger partial charge is 0.451 e. The Balaban J connectivity index is 1.50. The molecule has 0 aliphatic heterocycles. The molecule has 3 aromatic rings. The molecule has 0 radical (unpaired) electrons. The van der Waals surface area contributed by atoms with Crippen LogP contribution in [-0.2, 0) is 19.6 Å². The summed E-state index contributed by atoms with van der Waals surface area (Å²) >= 11 is 0. The van der Waals surface area contributed by atoms with Crippen LogP contribution in [0.5, 0.6) is 0 Å². The average Bonchev–Trinajstić information content (AvgIpc) is 3.38. The van der Waals surface area contributed by atoms with Crippen molar-refractivity contribution >= 4 is 0 Å². The molecule has 0 saturated heterocycles. The molecule has 0 N–H and O–H groups in total. The summed E-state index contributed by atoms with van der Waals surface area (Å²) in [6.45, 7) is 2.18. The molecule has 0 atom stereocenters. The molecule has 4 rings (SSSR count). The smallest absolute Gasteiger partial charge is 0.180 e. The Bertz CT molecular complexity index is 708. The molecule has 3 aromatic heterocycles. The first-order chi connectivity index (χ1) is 12.4. The Morgan fingerprint density at radius 1 is 0.960 bits per heavy atom. The summed E-state index contributed by atoms with van der Waals surface area (Å²) in [7, 11) is 0. The number of hydrogen-bond donors (Lipinski definition) is 0. The summed E-state index contributed by atoms with van der Waals surface area (Å²) in [6, 6.07) is 0.576. The minimum Gasteiger partial charge on any atom is -0.451 e. The van der Waals surface area contributed by atoms with Gasteiger partial charge in [0.25, 0.3) is 0 Å². The Hall–Kier alpha value is -2.41. The highest BCUT2D eigenvalue weighted by Crippen LogP contribution is 2.29. The molecule has 0 unspecified atom stereocenters. The lowest BCUT2D eigenvalue weighted by Crippen LogP contribution is -2.25. The van der Waals surface area contributed by atoms with Crippen molar-refractivity contribution in [2.24, 2.45) is 0 Å². The number of nitrogens with zero attached hydrogens (tertiary/aromatic N) is 5. The summed E-state index contributed by atoms with van der Waals surface area (Å²) in [6.07, 6.45) is 16.7. The van der Waals surface area contributed by atoms with Crippen molar-refractivity contribution in [3.8, 4) is 0 Å². The van der Waals surface area contributed by atoms with E-state index >= 15 is 0 Å². The summed E-state index contributed by atoms with van der Waals surface area (Å²) < 4.78 is 12.6. The van der Waals surface area contributed by atoms with Crippen LogP contribution in [0.15, 0.2) is 46.7 Å². The van der Waals surface area contributed by atoms with Gasteiger partial charge in [0.2, 0.25) is 0 Å². The van der Waals surface area contributed by atoms with E-state index < -0.39 is 0 Å². The van der Waals surface area contributed by atoms with E-state index in [1.807, 2.05) is 12.5 Å². The second kappa shape index (κ2) is 7.65. The van der Waals surface area contributed by atoms with Crippen LogP contribution in [0.1, 0.15) is 55.2 Å². The summed E-state index contributed by atoms with van der Waals surface area (Å²) in [5, 5.41) is 0. The van der Waals surface area contributed by atoms with Gasteiger partial charge in [0.15, 0.2) is 12.8 Å². The van der Waals surface area contributed by atoms with Gasteiger partial charge in [-0.15, -0.1) is 0 Å². The van der Waals surface area contributed by atoms with Crippen LogP contribution in [0, 0.1) is 0 Å². The average molecular weight is 341 g/mol. The van der Waals surface area contributed by atoms with Crippen LogP contribution < -0.4 is 0 Å². The van der Waals surface area contributed by atoms with Gasteiger partial charge in [-0.3, -0.25) is 4.90 Å². The first kappa shape index (κ1) is 16.1. The minimum atomic E-state index is 0.576. The zero-order chi connectivity index (χ0) is 16.9. The zero-order valence-electron chi connectivity index (χ0n) is 14.3. The van der Waals surface area contributed by atoms with Crippen LogP contribution in [0.3, 0.4) is 0 Å². The third-order valence-electron chi connectivity index (χ3n) is 4.84. The molecule has 0 amide bonds. The maximum atomic E-state index is 5.12. The van der Waals surface area contributed by atoms with E-state index in [1.165, 1.54) is 50.6 Å². The van der Waals surface area contributed by atoms with Crippen molar-refractivity contribution in [1.82, 2.24) is 24.4 Å². The van der Waals surface area contributed by atoms with Crippen molar-refractivity contribution in [3.05, 3.63) is 54.9 Å². The number of rotatable bonds is 7. The molecule has 0 spiro atoms. The zero-order valence-corrected chi connectivity index (χ0v) is 14.3. The Morgan fingerprint density at radius 3 is 2.24 bits per heavy atom. The molecule has 7 nitrogen and oxygen atoms in total. The fourth-order valence-electron chi connectivity index (χ4n) is 3.63. The Morgan fingerprint density at radius 2 is 1.64 bits per heavy atom. The minimum absolute atomic E-state index is 0.576. The molecule has 132 valence electrons. The maximum Gasteiger partial charge on any atom is 0.180 e. The number of aromatic nitrogens is 4. The highest BCUT2D eigenvalue weighted by atomic mass is 16.3. The van der Waals surface area contributed by atoms with Gasteiger partial charge in [-0.2, -0.15) is 0 Å². The summed E-state index contributed by atoms with van der Waals surface area (Å²) in [4.78, 5) is 15.2. The van der Waals surface area contributed by atoms with Crippen molar-refractivity contribution < 1.29 is 8.83 Å². The number of hydrogen-bond acceptors (Lipinski definition) is 6. The third-order valence-corrected chi connectivity index (χ3v) is 4.84. The molecule has 25 heavy (non-hydrogen) atoms. The molecule has 3 heterocycles. The molecule has 1 aliphatic rings. The highest BCUT2D eigenvalue weighted by molar-refractivity contribution is 5.03. The van der Waals surface area contributed by atoms with Crippen molar-refractivity contribution in [3.63, 3.8) is 0 Å². The number of oxazole rings is 2. The summed E-state index contributed by atoms with van der Waals surface area (Å²) in [5.41, 5.74) is 3.05. The van der Waals surface area contributed by atoms with E-state index in [0.29, 0.717) is 19.1 Å². The van der Waals surface area contributed by atoms with Gasteiger partial charge in [0.1, 0.15) is 12.5 Å². The van der Waals surface area contributed by atoms with Gasteiger partial charge < -0.3 is 13.4 Å². The van der Waals surface area contributed by atoms with Crippen molar-refractivity contribution in [2.75, 3.05) is 0 Å². The second-order valence-electron chi connectivity index (χ2n) is 6.69. The molecule has 1 fully saturated rings. The topological polar surface area (TPSA) is 73.1 Å². The predicted octanol–water partition coefficient (Wildman–Crippen LogP) is 3.57. The van der Waals surface area contributed by atoms with Gasteiger partial charge in [-0.1, -0.05) is 19.3 Å². The summed E-state index contributed by atoms with van der Waals surface area (Å²) in [5.74, 6) is 0. The lowest BCUT2D eigenvalue weighted by atomic mass is 9.95. The van der Waals surface area contributed by atoms with Crippen LogP contribution >= 0.6 is 0 Å². The van der Waals surface area contributed by atoms with Crippen LogP contribution in [0.4, 0.5) is 0 Å². The monoisotopic (exact) mass is 341 g/mol. The fourth-order valence-corrected chi connectivity index (χ4v) is 3.63. The SMILES string of the molecule is c1nc(CN(Cc2cocn2)Cc2cncn2C2CCCCC2)co1. The van der Waals surface area contributed by atoms with Crippen LogP contribution in [0.25, 0.3) is 0 Å². The van der Waals surface area contributed by atoms with Crippen molar-refractivity contribution in [2.45, 2.75) is 57.8 Å². The van der Waals surface area contributed by atoms with Crippen LogP contribution in [0.2, 0.25) is 0 Å². The number of imidazole rings is 1. The van der Waals surface area contributed by atoms with Crippen LogP contribution in [-0.4, -0.2) is 24.4 Å². The third kappa shape index (κ3) is 3.99. The molecule has 0 aromatic carbocycles. The molecule has 0 bridgehead atoms. The van der Waals surface area contributed by atoms with Gasteiger partial charge in [0.05, 0.1) is 23.4 Å². The molecule has 1 saturated carbocycles. The van der Waals surface area contributed by atoms with Gasteiger partial charge >= 0.3 is 0 Å². The van der Waals surface area contributed by atoms with E-state index in [4.69, 9.17) is 8.83 Å². The first-order valence-corrected chi connectivity index (χ1v) is 8.85. The lowest BCUT2D eigenvalue weighted by molar-refractivity contribution is 0.229. The normalized spacial score (nSPS) is 15.9. The first-order valence-electron chi connectivity index (χ1n) is 8.85. The second-order valence-corrected chi connectivity index (χ2v) is 6.69. The van der Waals surface area contributed by atoms with Gasteiger partial charge in [-0.05, 0) is 12.8 Å². The van der Waals surface area contributed by atoms with E-state index in [0.717, 1.165) is 17.9 Å². The molecule has 1 aliphatic carbocycles. The molecular weight excluding hydrogens is 318 g/mol. The fraction of sp³-hybridized carbons (Fsp3) is 0.500. The van der Waals surface area contributed by atoms with Gasteiger partial charge in [0, 0.05) is 31.9 Å². The standard InChI is InChI=1S/C18H23N5O2/c1-2-4-17(5-3-1)23-12-19-6-18(23)9-22(7-15-10-24-13-20-15)8-16-11-25-14-21-16/h6,10-14,17H,1-5,7-9H2. The van der Waals surface area contributed by atoms with E-state index in [2.05, 4.69) is 24.4 Å². The quantitative estimate of drug-likeness (QED) is 0.654. The van der Waals surface area contributed by atoms with Gasteiger partial charge in [-0.25, -0.2) is 15.0 Å². The lowest BCUT2D eigenvalue weighted by Gasteiger charge is -2.27. The van der Waals surface area contributed by atoms with E-state index in [9.17, 15) is 0 Å². The predicted molar refractivity (Wildman–Crippen MR) is 90.3 cm³/mol. The van der Waals surface area contributed by atoms with Crippen molar-refractivity contribution in [1.29, 1.82) is 0 Å². The molecular formula is C18H23N5O2. The molecule has 7 heteroatoms. The highest BCUT2D eigenvalue weighted by Gasteiger charge is 2.19. The maximum absolute atomic E-state index is 5.12. The van der Waals surface area contributed by atoms with E-state index in [1.54, 1.807) is 12.5 Å². The Kier molecular flexibility index (Phi) is 4.92.